The molecule has 10 atom stereocenters. The molecule has 0 aromatic carbocycles. The minimum Gasteiger partial charge on any atom is -0.463 e. The van der Waals surface area contributed by atoms with Gasteiger partial charge in [0.2, 0.25) is 0 Å². The molecule has 0 saturated carbocycles. The van der Waals surface area contributed by atoms with E-state index in [1.807, 2.05) is 6.07 Å². The van der Waals surface area contributed by atoms with Gasteiger partial charge in [0, 0.05) is 54.7 Å². The molecule has 0 bridgehead atoms. The zero-order valence-electron chi connectivity index (χ0n) is 28.3. The van der Waals surface area contributed by atoms with Gasteiger partial charge in [-0.2, -0.15) is 5.26 Å². The summed E-state index contributed by atoms with van der Waals surface area (Å²) in [6, 6.07) is 4.73. The highest BCUT2D eigenvalue weighted by molar-refractivity contribution is 5.69. The minimum absolute atomic E-state index is 0.0697. The van der Waals surface area contributed by atoms with E-state index in [4.69, 9.17) is 42.6 Å². The normalized spacial score (nSPS) is 28.8. The standard InChI is InChI=1S/C32H38N2O16/c1-14(35)42-12-23-25(28(45-17(4)38)30(46-18(5)39)26(49-23)22-10-21(11-33)8-9-34-22)29-32(48-20(7)41)31(47-19(6)40)27(44-16(3)37)24(50-29)13-43-15(2)36/h8-10,23-32H,12-13H2,1-7H3/t23-,24-,25?,26-,27-,28+,29-,30+,31+,32+/m1/s1. The first-order valence-electron chi connectivity index (χ1n) is 15.3. The smallest absolute Gasteiger partial charge is 0.303 e. The fourth-order valence-electron chi connectivity index (χ4n) is 5.85. The lowest BCUT2D eigenvalue weighted by Gasteiger charge is -2.52. The van der Waals surface area contributed by atoms with E-state index in [9.17, 15) is 38.8 Å². The number of ether oxygens (including phenoxy) is 9. The Kier molecular flexibility index (Phi) is 13.7. The zero-order valence-corrected chi connectivity index (χ0v) is 28.3. The largest absolute Gasteiger partial charge is 0.463 e. The summed E-state index contributed by atoms with van der Waals surface area (Å²) < 4.78 is 51.3. The summed E-state index contributed by atoms with van der Waals surface area (Å²) >= 11 is 0. The highest BCUT2D eigenvalue weighted by Gasteiger charge is 2.61. The summed E-state index contributed by atoms with van der Waals surface area (Å²) in [6.07, 6.45) is -12.3. The van der Waals surface area contributed by atoms with Gasteiger partial charge in [-0.05, 0) is 12.1 Å². The molecule has 2 aliphatic rings. The maximum Gasteiger partial charge on any atom is 0.303 e. The van der Waals surface area contributed by atoms with Crippen LogP contribution in [-0.4, -0.2) is 109 Å². The molecular weight excluding hydrogens is 668 g/mol. The first-order valence-corrected chi connectivity index (χ1v) is 15.3. The molecule has 18 heteroatoms. The Bertz CT molecular complexity index is 1510. The zero-order chi connectivity index (χ0) is 37.3. The van der Waals surface area contributed by atoms with Crippen LogP contribution >= 0.6 is 0 Å². The summed E-state index contributed by atoms with van der Waals surface area (Å²) in [5, 5.41) is 9.53. The maximum atomic E-state index is 12.7. The average molecular weight is 707 g/mol. The van der Waals surface area contributed by atoms with Crippen molar-refractivity contribution in [3.05, 3.63) is 29.6 Å². The number of nitrogens with zero attached hydrogens (tertiary/aromatic N) is 2. The van der Waals surface area contributed by atoms with Crippen LogP contribution in [0.15, 0.2) is 18.3 Å². The predicted molar refractivity (Wildman–Crippen MR) is 160 cm³/mol. The van der Waals surface area contributed by atoms with Gasteiger partial charge in [-0.15, -0.1) is 0 Å². The molecule has 1 unspecified atom stereocenters. The molecule has 272 valence electrons. The lowest BCUT2D eigenvalue weighted by molar-refractivity contribution is -0.299. The summed E-state index contributed by atoms with van der Waals surface area (Å²) in [7, 11) is 0. The second-order valence-corrected chi connectivity index (χ2v) is 11.4. The quantitative estimate of drug-likeness (QED) is 0.225. The van der Waals surface area contributed by atoms with Crippen LogP contribution in [-0.2, 0) is 76.2 Å². The Balaban J connectivity index is 2.33. The second kappa shape index (κ2) is 17.5. The van der Waals surface area contributed by atoms with Gasteiger partial charge in [0.25, 0.3) is 0 Å². The molecular formula is C32H38N2O16. The second-order valence-electron chi connectivity index (χ2n) is 11.4. The molecule has 3 heterocycles. The third-order valence-electron chi connectivity index (χ3n) is 7.42. The number of nitriles is 1. The Morgan fingerprint density at radius 2 is 1.12 bits per heavy atom. The Hall–Kier alpha value is -5.15. The molecule has 18 nitrogen and oxygen atoms in total. The number of aromatic nitrogens is 1. The van der Waals surface area contributed by atoms with E-state index in [2.05, 4.69) is 4.98 Å². The highest BCUT2D eigenvalue weighted by Crippen LogP contribution is 2.44. The number of pyridine rings is 1. The van der Waals surface area contributed by atoms with Crippen LogP contribution in [0.25, 0.3) is 0 Å². The van der Waals surface area contributed by atoms with Crippen molar-refractivity contribution in [1.82, 2.24) is 4.98 Å². The van der Waals surface area contributed by atoms with Crippen molar-refractivity contribution in [2.75, 3.05) is 13.2 Å². The number of hydrogen-bond donors (Lipinski definition) is 0. The summed E-state index contributed by atoms with van der Waals surface area (Å²) in [6.45, 7) is 6.38. The van der Waals surface area contributed by atoms with E-state index in [1.165, 1.54) is 18.3 Å². The predicted octanol–water partition coefficient (Wildman–Crippen LogP) is 0.561. The molecule has 1 aromatic heterocycles. The van der Waals surface area contributed by atoms with E-state index in [-0.39, 0.29) is 11.3 Å². The van der Waals surface area contributed by atoms with Gasteiger partial charge in [-0.3, -0.25) is 38.5 Å². The molecule has 0 spiro atoms. The fourth-order valence-corrected chi connectivity index (χ4v) is 5.85. The van der Waals surface area contributed by atoms with Crippen LogP contribution in [0.2, 0.25) is 0 Å². The monoisotopic (exact) mass is 706 g/mol. The van der Waals surface area contributed by atoms with Crippen LogP contribution in [0.5, 0.6) is 0 Å². The van der Waals surface area contributed by atoms with Gasteiger partial charge in [0.15, 0.2) is 24.4 Å². The molecule has 2 fully saturated rings. The van der Waals surface area contributed by atoms with E-state index >= 15 is 0 Å². The lowest BCUT2D eigenvalue weighted by Crippen LogP contribution is -2.69. The third-order valence-corrected chi connectivity index (χ3v) is 7.42. The number of rotatable bonds is 11. The van der Waals surface area contributed by atoms with Crippen LogP contribution < -0.4 is 0 Å². The van der Waals surface area contributed by atoms with Gasteiger partial charge in [-0.1, -0.05) is 0 Å². The third kappa shape index (κ3) is 10.4. The van der Waals surface area contributed by atoms with E-state index in [1.54, 1.807) is 0 Å². The van der Waals surface area contributed by atoms with Gasteiger partial charge in [-0.25, -0.2) is 0 Å². The van der Waals surface area contributed by atoms with Crippen molar-refractivity contribution in [3.63, 3.8) is 0 Å². The SMILES string of the molecule is CC(=O)OC[C@H]1O[C@H](c2cc(C#N)ccn2)[C@H](OC(C)=O)[C@@H](OC(C)=O)C1[C@H]1O[C@H](COC(C)=O)[C@@H](OC(C)=O)[C@H](OC(C)=O)[C@H]1OC(C)=O. The lowest BCUT2D eigenvalue weighted by atomic mass is 9.76. The molecule has 0 radical (unpaired) electrons. The number of carbonyl (C=O) groups excluding carboxylic acids is 7. The maximum absolute atomic E-state index is 12.7. The van der Waals surface area contributed by atoms with Gasteiger partial charge in [0.05, 0.1) is 23.2 Å². The van der Waals surface area contributed by atoms with E-state index in [0.717, 1.165) is 48.5 Å². The van der Waals surface area contributed by atoms with Crippen molar-refractivity contribution < 1.29 is 76.2 Å². The Morgan fingerprint density at radius 1 is 0.640 bits per heavy atom. The van der Waals surface area contributed by atoms with Crippen LogP contribution in [0.4, 0.5) is 0 Å². The van der Waals surface area contributed by atoms with Crippen LogP contribution in [0, 0.1) is 17.2 Å². The highest BCUT2D eigenvalue weighted by atomic mass is 16.7. The molecule has 2 saturated heterocycles. The van der Waals surface area contributed by atoms with Crippen molar-refractivity contribution in [1.29, 1.82) is 5.26 Å². The molecule has 50 heavy (non-hydrogen) atoms. The van der Waals surface area contributed by atoms with Gasteiger partial charge >= 0.3 is 41.8 Å². The van der Waals surface area contributed by atoms with Crippen molar-refractivity contribution in [2.45, 2.75) is 103 Å². The molecule has 1 aromatic rings. The summed E-state index contributed by atoms with van der Waals surface area (Å²) in [5.74, 6) is -7.31. The van der Waals surface area contributed by atoms with Crippen molar-refractivity contribution in [3.8, 4) is 6.07 Å². The van der Waals surface area contributed by atoms with E-state index in [0.29, 0.717) is 0 Å². The van der Waals surface area contributed by atoms with Crippen LogP contribution in [0.3, 0.4) is 0 Å². The van der Waals surface area contributed by atoms with Crippen molar-refractivity contribution in [2.24, 2.45) is 5.92 Å². The Morgan fingerprint density at radius 3 is 1.64 bits per heavy atom. The molecule has 3 rings (SSSR count). The van der Waals surface area contributed by atoms with Crippen LogP contribution in [0.1, 0.15) is 65.8 Å². The minimum atomic E-state index is -1.66. The molecule has 0 amide bonds. The summed E-state index contributed by atoms with van der Waals surface area (Å²) in [5.41, 5.74) is 0.225. The van der Waals surface area contributed by atoms with E-state index < -0.39 is 116 Å². The first-order chi connectivity index (χ1) is 23.5. The fraction of sp³-hybridized carbons (Fsp3) is 0.594. The topological polar surface area (TPSA) is 239 Å². The Labute approximate surface area is 286 Å². The molecule has 2 aliphatic heterocycles. The van der Waals surface area contributed by atoms with Gasteiger partial charge in [0.1, 0.15) is 43.7 Å². The van der Waals surface area contributed by atoms with Crippen molar-refractivity contribution >= 4 is 41.8 Å². The average Bonchev–Trinajstić information content (AvgIpc) is 3.01. The molecule has 0 aliphatic carbocycles. The number of carbonyl (C=O) groups is 7. The van der Waals surface area contributed by atoms with Gasteiger partial charge < -0.3 is 42.6 Å². The summed E-state index contributed by atoms with van der Waals surface area (Å²) in [4.78, 5) is 90.7. The molecule has 0 N–H and O–H groups in total. The number of esters is 7. The number of hydrogen-bond acceptors (Lipinski definition) is 18. The first kappa shape index (κ1) is 39.3.